The van der Waals surface area contributed by atoms with Crippen LogP contribution in [-0.4, -0.2) is 54.5 Å². The molecule has 2 fully saturated rings. The number of ether oxygens (including phenoxy) is 1. The molecule has 1 saturated carbocycles. The van der Waals surface area contributed by atoms with E-state index in [0.29, 0.717) is 37.5 Å². The summed E-state index contributed by atoms with van der Waals surface area (Å²) in [6, 6.07) is -0.0158. The van der Waals surface area contributed by atoms with Gasteiger partial charge in [-0.3, -0.25) is 0 Å². The Morgan fingerprint density at radius 3 is 2.71 bits per heavy atom. The number of urea groups is 1. The van der Waals surface area contributed by atoms with Gasteiger partial charge in [-0.1, -0.05) is 13.8 Å². The lowest BCUT2D eigenvalue weighted by molar-refractivity contribution is -0.00455. The van der Waals surface area contributed by atoms with E-state index in [9.17, 15) is 9.90 Å². The summed E-state index contributed by atoms with van der Waals surface area (Å²) in [5.41, 5.74) is 0.343. The fourth-order valence-corrected chi connectivity index (χ4v) is 3.37. The summed E-state index contributed by atoms with van der Waals surface area (Å²) in [5, 5.41) is 12.7. The van der Waals surface area contributed by atoms with Crippen LogP contribution in [0.2, 0.25) is 0 Å². The Labute approximate surface area is 128 Å². The average Bonchev–Trinajstić information content (AvgIpc) is 3.15. The van der Waals surface area contributed by atoms with E-state index in [1.54, 1.807) is 6.92 Å². The van der Waals surface area contributed by atoms with Crippen molar-refractivity contribution in [3.63, 3.8) is 0 Å². The van der Waals surface area contributed by atoms with Crippen LogP contribution in [0, 0.1) is 11.3 Å². The van der Waals surface area contributed by atoms with Gasteiger partial charge in [0, 0.05) is 13.1 Å². The summed E-state index contributed by atoms with van der Waals surface area (Å²) >= 11 is 0. The Kier molecular flexibility index (Phi) is 5.49. The molecule has 2 aliphatic rings. The second-order valence-electron chi connectivity index (χ2n) is 7.26. The van der Waals surface area contributed by atoms with Crippen molar-refractivity contribution in [1.82, 2.24) is 10.2 Å². The van der Waals surface area contributed by atoms with Crippen LogP contribution >= 0.6 is 0 Å². The van der Waals surface area contributed by atoms with Gasteiger partial charge in [0.2, 0.25) is 0 Å². The maximum Gasteiger partial charge on any atom is 0.317 e. The molecule has 1 heterocycles. The van der Waals surface area contributed by atoms with Crippen molar-refractivity contribution in [2.24, 2.45) is 11.3 Å². The molecule has 0 bridgehead atoms. The second-order valence-corrected chi connectivity index (χ2v) is 7.26. The van der Waals surface area contributed by atoms with Crippen molar-refractivity contribution in [2.75, 3.05) is 26.3 Å². The molecule has 0 aromatic heterocycles. The first-order chi connectivity index (χ1) is 9.92. The number of amides is 2. The van der Waals surface area contributed by atoms with E-state index in [2.05, 4.69) is 19.2 Å². The topological polar surface area (TPSA) is 61.8 Å². The average molecular weight is 298 g/mol. The van der Waals surface area contributed by atoms with Crippen LogP contribution in [0.1, 0.15) is 46.5 Å². The number of morpholine rings is 1. The number of hydrogen-bond donors (Lipinski definition) is 2. The predicted octanol–water partition coefficient (Wildman–Crippen LogP) is 1.99. The van der Waals surface area contributed by atoms with Gasteiger partial charge in [0.15, 0.2) is 0 Å². The highest BCUT2D eigenvalue weighted by Crippen LogP contribution is 2.50. The molecule has 2 rings (SSSR count). The molecule has 122 valence electrons. The standard InChI is InChI=1S/C16H30N2O3/c1-12(2)9-16(4-5-16)11-17-15(20)18-6-7-21-10-14(18)8-13(3)19/h12-14,19H,4-11H2,1-3H3,(H,17,20)/t13-,14-/m0/s1. The second kappa shape index (κ2) is 6.97. The van der Waals surface area contributed by atoms with Gasteiger partial charge in [-0.25, -0.2) is 4.79 Å². The fourth-order valence-electron chi connectivity index (χ4n) is 3.37. The number of aliphatic hydroxyl groups excluding tert-OH is 1. The van der Waals surface area contributed by atoms with Gasteiger partial charge in [0.25, 0.3) is 0 Å². The first-order valence-electron chi connectivity index (χ1n) is 8.22. The van der Waals surface area contributed by atoms with Crippen molar-refractivity contribution in [3.8, 4) is 0 Å². The minimum absolute atomic E-state index is 0.000943. The zero-order valence-electron chi connectivity index (χ0n) is 13.6. The van der Waals surface area contributed by atoms with E-state index < -0.39 is 6.10 Å². The number of rotatable bonds is 6. The van der Waals surface area contributed by atoms with Gasteiger partial charge in [-0.05, 0) is 43.9 Å². The van der Waals surface area contributed by atoms with Crippen LogP contribution in [0.3, 0.4) is 0 Å². The maximum absolute atomic E-state index is 12.4. The molecule has 1 aliphatic carbocycles. The molecule has 0 unspecified atom stereocenters. The molecule has 0 spiro atoms. The summed E-state index contributed by atoms with van der Waals surface area (Å²) in [4.78, 5) is 14.3. The molecule has 5 nitrogen and oxygen atoms in total. The first kappa shape index (κ1) is 16.6. The van der Waals surface area contributed by atoms with Gasteiger partial charge < -0.3 is 20.1 Å². The van der Waals surface area contributed by atoms with Crippen molar-refractivity contribution in [2.45, 2.75) is 58.6 Å². The minimum atomic E-state index is -0.414. The van der Waals surface area contributed by atoms with Crippen LogP contribution in [0.25, 0.3) is 0 Å². The summed E-state index contributed by atoms with van der Waals surface area (Å²) in [6.07, 6.45) is 3.80. The molecule has 2 atom stereocenters. The minimum Gasteiger partial charge on any atom is -0.393 e. The maximum atomic E-state index is 12.4. The van der Waals surface area contributed by atoms with Crippen molar-refractivity contribution in [1.29, 1.82) is 0 Å². The Hall–Kier alpha value is -0.810. The van der Waals surface area contributed by atoms with Crippen LogP contribution in [0.4, 0.5) is 4.79 Å². The zero-order chi connectivity index (χ0) is 15.5. The molecule has 2 N–H and O–H groups in total. The van der Waals surface area contributed by atoms with Crippen molar-refractivity contribution < 1.29 is 14.6 Å². The number of nitrogens with zero attached hydrogens (tertiary/aromatic N) is 1. The van der Waals surface area contributed by atoms with E-state index in [0.717, 1.165) is 6.54 Å². The number of carbonyl (C=O) groups excluding carboxylic acids is 1. The Morgan fingerprint density at radius 2 is 2.14 bits per heavy atom. The highest BCUT2D eigenvalue weighted by atomic mass is 16.5. The molecular weight excluding hydrogens is 268 g/mol. The van der Waals surface area contributed by atoms with Crippen LogP contribution < -0.4 is 5.32 Å². The summed E-state index contributed by atoms with van der Waals surface area (Å²) in [5.74, 6) is 0.677. The van der Waals surface area contributed by atoms with Gasteiger partial charge in [-0.2, -0.15) is 0 Å². The Balaban J connectivity index is 1.83. The molecule has 0 aromatic carbocycles. The highest BCUT2D eigenvalue weighted by Gasteiger charge is 2.43. The van der Waals surface area contributed by atoms with Crippen LogP contribution in [0.5, 0.6) is 0 Å². The summed E-state index contributed by atoms with van der Waals surface area (Å²) in [6.45, 7) is 8.73. The molecule has 0 aromatic rings. The number of aliphatic hydroxyl groups is 1. The normalized spacial score (nSPS) is 25.8. The third-order valence-corrected chi connectivity index (χ3v) is 4.51. The summed E-state index contributed by atoms with van der Waals surface area (Å²) < 4.78 is 5.44. The van der Waals surface area contributed by atoms with Crippen molar-refractivity contribution >= 4 is 6.03 Å². The highest BCUT2D eigenvalue weighted by molar-refractivity contribution is 5.74. The molecule has 0 radical (unpaired) electrons. The lowest BCUT2D eigenvalue weighted by Gasteiger charge is -2.36. The molecule has 2 amide bonds. The fraction of sp³-hybridized carbons (Fsp3) is 0.938. The monoisotopic (exact) mass is 298 g/mol. The van der Waals surface area contributed by atoms with Gasteiger partial charge >= 0.3 is 6.03 Å². The molecule has 1 aliphatic heterocycles. The lowest BCUT2D eigenvalue weighted by atomic mass is 9.94. The molecule has 1 saturated heterocycles. The third kappa shape index (κ3) is 4.85. The van der Waals surface area contributed by atoms with E-state index in [4.69, 9.17) is 4.74 Å². The van der Waals surface area contributed by atoms with Gasteiger partial charge in [0.05, 0.1) is 25.4 Å². The van der Waals surface area contributed by atoms with E-state index in [1.165, 1.54) is 19.3 Å². The SMILES string of the molecule is CC(C)CC1(CNC(=O)N2CCOC[C@@H]2C[C@H](C)O)CC1. The molecular formula is C16H30N2O3. The first-order valence-corrected chi connectivity index (χ1v) is 8.22. The van der Waals surface area contributed by atoms with Gasteiger partial charge in [0.1, 0.15) is 0 Å². The quantitative estimate of drug-likeness (QED) is 0.788. The Bertz CT molecular complexity index is 353. The van der Waals surface area contributed by atoms with Crippen LogP contribution in [-0.2, 0) is 4.74 Å². The van der Waals surface area contributed by atoms with E-state index in [1.807, 2.05) is 4.90 Å². The number of carbonyl (C=O) groups is 1. The number of nitrogens with one attached hydrogen (secondary N) is 1. The lowest BCUT2D eigenvalue weighted by Crippen LogP contribution is -2.54. The predicted molar refractivity (Wildman–Crippen MR) is 82.1 cm³/mol. The van der Waals surface area contributed by atoms with E-state index >= 15 is 0 Å². The van der Waals surface area contributed by atoms with E-state index in [-0.39, 0.29) is 12.1 Å². The Morgan fingerprint density at radius 1 is 1.43 bits per heavy atom. The third-order valence-electron chi connectivity index (χ3n) is 4.51. The number of hydrogen-bond acceptors (Lipinski definition) is 3. The smallest absolute Gasteiger partial charge is 0.317 e. The van der Waals surface area contributed by atoms with Crippen molar-refractivity contribution in [3.05, 3.63) is 0 Å². The summed E-state index contributed by atoms with van der Waals surface area (Å²) in [7, 11) is 0. The van der Waals surface area contributed by atoms with Crippen LogP contribution in [0.15, 0.2) is 0 Å². The largest absolute Gasteiger partial charge is 0.393 e. The molecule has 5 heteroatoms. The zero-order valence-corrected chi connectivity index (χ0v) is 13.6. The van der Waals surface area contributed by atoms with Gasteiger partial charge in [-0.15, -0.1) is 0 Å². The molecule has 21 heavy (non-hydrogen) atoms.